The van der Waals surface area contributed by atoms with Crippen molar-refractivity contribution in [1.82, 2.24) is 14.2 Å². The summed E-state index contributed by atoms with van der Waals surface area (Å²) in [6.45, 7) is 5.82. The molecule has 1 fully saturated rings. The summed E-state index contributed by atoms with van der Waals surface area (Å²) >= 11 is 0. The van der Waals surface area contributed by atoms with Gasteiger partial charge in [0, 0.05) is 32.4 Å². The van der Waals surface area contributed by atoms with Gasteiger partial charge in [0.05, 0.1) is 6.61 Å². The lowest BCUT2D eigenvalue weighted by Crippen LogP contribution is -2.29. The second kappa shape index (κ2) is 8.36. The lowest BCUT2D eigenvalue weighted by atomic mass is 10.2. The number of amides is 1. The summed E-state index contributed by atoms with van der Waals surface area (Å²) in [5, 5.41) is 0. The number of benzene rings is 1. The van der Waals surface area contributed by atoms with Crippen LogP contribution in [0.25, 0.3) is 0 Å². The standard InChI is InChI=1S/C20H27N3O4S/c1-4-27-17-9-7-16(8-10-17)14-21-28(25,26)19-13-18(22(3)15(19)2)20(24)23-11-5-6-12-23/h7-10,13,21H,4-6,11-12,14H2,1-3H3. The average Bonchev–Trinajstić information content (AvgIpc) is 3.31. The van der Waals surface area contributed by atoms with Crippen molar-refractivity contribution in [1.29, 1.82) is 0 Å². The summed E-state index contributed by atoms with van der Waals surface area (Å²) in [5.41, 5.74) is 1.77. The van der Waals surface area contributed by atoms with Gasteiger partial charge in [-0.2, -0.15) is 0 Å². The molecule has 7 nitrogen and oxygen atoms in total. The first-order valence-corrected chi connectivity index (χ1v) is 11.0. The minimum atomic E-state index is -3.74. The molecule has 0 spiro atoms. The van der Waals surface area contributed by atoms with E-state index in [4.69, 9.17) is 4.74 Å². The molecule has 1 aliphatic heterocycles. The first-order valence-electron chi connectivity index (χ1n) is 9.50. The second-order valence-electron chi connectivity index (χ2n) is 6.94. The van der Waals surface area contributed by atoms with Crippen LogP contribution in [-0.2, 0) is 23.6 Å². The minimum Gasteiger partial charge on any atom is -0.494 e. The highest BCUT2D eigenvalue weighted by Crippen LogP contribution is 2.22. The van der Waals surface area contributed by atoms with Crippen molar-refractivity contribution in [3.05, 3.63) is 47.3 Å². The predicted molar refractivity (Wildman–Crippen MR) is 107 cm³/mol. The highest BCUT2D eigenvalue weighted by Gasteiger charge is 2.27. The molecule has 1 amide bonds. The fourth-order valence-electron chi connectivity index (χ4n) is 3.36. The molecule has 3 rings (SSSR count). The highest BCUT2D eigenvalue weighted by atomic mass is 32.2. The first kappa shape index (κ1) is 20.4. The number of carbonyl (C=O) groups excluding carboxylic acids is 1. The zero-order chi connectivity index (χ0) is 20.3. The summed E-state index contributed by atoms with van der Waals surface area (Å²) in [5.74, 6) is 0.633. The molecule has 0 aliphatic carbocycles. The third-order valence-electron chi connectivity index (χ3n) is 5.09. The molecule has 0 unspecified atom stereocenters. The Morgan fingerprint density at radius 1 is 1.18 bits per heavy atom. The van der Waals surface area contributed by atoms with Crippen LogP contribution in [0.2, 0.25) is 0 Å². The molecule has 1 saturated heterocycles. The highest BCUT2D eigenvalue weighted by molar-refractivity contribution is 7.89. The molecule has 8 heteroatoms. The summed E-state index contributed by atoms with van der Waals surface area (Å²) in [4.78, 5) is 14.6. The number of hydrogen-bond donors (Lipinski definition) is 1. The fraction of sp³-hybridized carbons (Fsp3) is 0.450. The molecule has 0 atom stereocenters. The monoisotopic (exact) mass is 405 g/mol. The van der Waals surface area contributed by atoms with Crippen LogP contribution in [0.15, 0.2) is 35.2 Å². The lowest BCUT2D eigenvalue weighted by molar-refractivity contribution is 0.0783. The number of carbonyl (C=O) groups is 1. The normalized spacial score (nSPS) is 14.5. The van der Waals surface area contributed by atoms with E-state index in [0.29, 0.717) is 18.0 Å². The number of sulfonamides is 1. The number of hydrogen-bond acceptors (Lipinski definition) is 4. The number of likely N-dealkylation sites (tertiary alicyclic amines) is 1. The van der Waals surface area contributed by atoms with Crippen LogP contribution >= 0.6 is 0 Å². The molecule has 0 saturated carbocycles. The van der Waals surface area contributed by atoms with E-state index in [-0.39, 0.29) is 17.3 Å². The summed E-state index contributed by atoms with van der Waals surface area (Å²) < 4.78 is 35.3. The zero-order valence-electron chi connectivity index (χ0n) is 16.6. The fourth-order valence-corrected chi connectivity index (χ4v) is 4.66. The smallest absolute Gasteiger partial charge is 0.270 e. The second-order valence-corrected chi connectivity index (χ2v) is 8.67. The molecule has 1 aromatic heterocycles. The maximum atomic E-state index is 12.8. The maximum Gasteiger partial charge on any atom is 0.270 e. The number of nitrogens with zero attached hydrogens (tertiary/aromatic N) is 2. The van der Waals surface area contributed by atoms with Gasteiger partial charge in [-0.05, 0) is 50.5 Å². The molecule has 1 aliphatic rings. The van der Waals surface area contributed by atoms with Gasteiger partial charge in [0.2, 0.25) is 10.0 Å². The molecule has 2 heterocycles. The van der Waals surface area contributed by atoms with Crippen LogP contribution in [0.1, 0.15) is 41.5 Å². The van der Waals surface area contributed by atoms with E-state index < -0.39 is 10.0 Å². The van der Waals surface area contributed by atoms with Crippen LogP contribution < -0.4 is 9.46 Å². The van der Waals surface area contributed by atoms with Crippen molar-refractivity contribution < 1.29 is 17.9 Å². The Morgan fingerprint density at radius 3 is 2.43 bits per heavy atom. The third-order valence-corrected chi connectivity index (χ3v) is 6.61. The van der Waals surface area contributed by atoms with Crippen molar-refractivity contribution in [2.75, 3.05) is 19.7 Å². The zero-order valence-corrected chi connectivity index (χ0v) is 17.4. The molecular weight excluding hydrogens is 378 g/mol. The number of rotatable bonds is 7. The van der Waals surface area contributed by atoms with E-state index >= 15 is 0 Å². The lowest BCUT2D eigenvalue weighted by Gasteiger charge is -2.15. The largest absolute Gasteiger partial charge is 0.494 e. The number of aromatic nitrogens is 1. The van der Waals surface area contributed by atoms with Crippen molar-refractivity contribution >= 4 is 15.9 Å². The van der Waals surface area contributed by atoms with E-state index in [9.17, 15) is 13.2 Å². The minimum absolute atomic E-state index is 0.115. The molecule has 1 aromatic carbocycles. The molecule has 2 aromatic rings. The van der Waals surface area contributed by atoms with Gasteiger partial charge in [-0.3, -0.25) is 4.79 Å². The average molecular weight is 406 g/mol. The quantitative estimate of drug-likeness (QED) is 0.767. The maximum absolute atomic E-state index is 12.8. The van der Waals surface area contributed by atoms with Crippen LogP contribution in [0, 0.1) is 6.92 Å². The predicted octanol–water partition coefficient (Wildman–Crippen LogP) is 2.45. The Hall–Kier alpha value is -2.32. The van der Waals surface area contributed by atoms with Gasteiger partial charge in [0.15, 0.2) is 0 Å². The van der Waals surface area contributed by atoms with Crippen molar-refractivity contribution in [2.45, 2.75) is 38.1 Å². The molecule has 1 N–H and O–H groups in total. The van der Waals surface area contributed by atoms with Crippen LogP contribution in [0.4, 0.5) is 0 Å². The van der Waals surface area contributed by atoms with Crippen molar-refractivity contribution in [3.8, 4) is 5.75 Å². The summed E-state index contributed by atoms with van der Waals surface area (Å²) in [6, 6.07) is 8.76. The third kappa shape index (κ3) is 4.23. The molecular formula is C20H27N3O4S. The van der Waals surface area contributed by atoms with Gasteiger partial charge >= 0.3 is 0 Å². The van der Waals surface area contributed by atoms with E-state index in [1.165, 1.54) is 6.07 Å². The van der Waals surface area contributed by atoms with Gasteiger partial charge in [-0.25, -0.2) is 13.1 Å². The Labute approximate surface area is 166 Å². The molecule has 28 heavy (non-hydrogen) atoms. The van der Waals surface area contributed by atoms with Gasteiger partial charge < -0.3 is 14.2 Å². The number of nitrogens with one attached hydrogen (secondary N) is 1. The van der Waals surface area contributed by atoms with Crippen molar-refractivity contribution in [3.63, 3.8) is 0 Å². The molecule has 0 bridgehead atoms. The van der Waals surface area contributed by atoms with E-state index in [2.05, 4.69) is 4.72 Å². The summed E-state index contributed by atoms with van der Waals surface area (Å²) in [7, 11) is -2.01. The van der Waals surface area contributed by atoms with Gasteiger partial charge in [0.25, 0.3) is 5.91 Å². The Morgan fingerprint density at radius 2 is 1.82 bits per heavy atom. The van der Waals surface area contributed by atoms with E-state index in [1.54, 1.807) is 23.4 Å². The molecule has 0 radical (unpaired) electrons. The Balaban J connectivity index is 1.76. The number of ether oxygens (including phenoxy) is 1. The van der Waals surface area contributed by atoms with Gasteiger partial charge in [-0.15, -0.1) is 0 Å². The van der Waals surface area contributed by atoms with Crippen LogP contribution in [0.3, 0.4) is 0 Å². The Bertz CT molecular complexity index is 943. The van der Waals surface area contributed by atoms with Gasteiger partial charge in [0.1, 0.15) is 16.3 Å². The van der Waals surface area contributed by atoms with Crippen molar-refractivity contribution in [2.24, 2.45) is 7.05 Å². The van der Waals surface area contributed by atoms with E-state index in [1.807, 2.05) is 31.2 Å². The SMILES string of the molecule is CCOc1ccc(CNS(=O)(=O)c2cc(C(=O)N3CCCC3)n(C)c2C)cc1. The van der Waals surface area contributed by atoms with Crippen LogP contribution in [-0.4, -0.2) is 43.5 Å². The Kier molecular flexibility index (Phi) is 6.10. The summed E-state index contributed by atoms with van der Waals surface area (Å²) in [6.07, 6.45) is 1.98. The van der Waals surface area contributed by atoms with Gasteiger partial charge in [-0.1, -0.05) is 12.1 Å². The topological polar surface area (TPSA) is 80.6 Å². The van der Waals surface area contributed by atoms with Crippen LogP contribution in [0.5, 0.6) is 5.75 Å². The first-order chi connectivity index (χ1) is 13.3. The molecule has 152 valence electrons. The van der Waals surface area contributed by atoms with E-state index in [0.717, 1.165) is 37.2 Å².